The van der Waals surface area contributed by atoms with Crippen LogP contribution in [0.5, 0.6) is 0 Å². The Labute approximate surface area is 143 Å². The van der Waals surface area contributed by atoms with E-state index in [1.54, 1.807) is 0 Å². The number of aliphatic hydroxyl groups is 1. The van der Waals surface area contributed by atoms with Gasteiger partial charge in [-0.2, -0.15) is 0 Å². The minimum atomic E-state index is -3.15. The van der Waals surface area contributed by atoms with Crippen molar-refractivity contribution >= 4 is 43.8 Å². The first-order valence-electron chi connectivity index (χ1n) is 7.05. The summed E-state index contributed by atoms with van der Waals surface area (Å²) >= 11 is 2.62. The summed E-state index contributed by atoms with van der Waals surface area (Å²) in [5.74, 6) is -0.185. The van der Waals surface area contributed by atoms with Gasteiger partial charge in [0.05, 0.1) is 22.9 Å². The van der Waals surface area contributed by atoms with Crippen LogP contribution < -0.4 is 5.32 Å². The smallest absolute Gasteiger partial charge is 0.210 e. The Kier molecular flexibility index (Phi) is 4.63. The van der Waals surface area contributed by atoms with Gasteiger partial charge in [-0.25, -0.2) is 8.42 Å². The molecule has 2 N–H and O–H groups in total. The van der Waals surface area contributed by atoms with Crippen LogP contribution in [0, 0.1) is 13.8 Å². The zero-order chi connectivity index (χ0) is 16.6. The Morgan fingerprint density at radius 3 is 2.70 bits per heavy atom. The summed E-state index contributed by atoms with van der Waals surface area (Å²) in [5.41, 5.74) is 3.35. The Balaban J connectivity index is 1.67. The van der Waals surface area contributed by atoms with Crippen molar-refractivity contribution in [3.05, 3.63) is 29.3 Å². The molecule has 0 aliphatic carbocycles. The summed E-state index contributed by atoms with van der Waals surface area (Å²) in [6.45, 7) is 4.10. The molecule has 1 aliphatic rings. The van der Waals surface area contributed by atoms with Crippen molar-refractivity contribution in [1.82, 2.24) is 10.2 Å². The highest BCUT2D eigenvalue weighted by atomic mass is 32.2. The maximum Gasteiger partial charge on any atom is 0.210 e. The number of aliphatic hydroxyl groups excluding tert-OH is 1. The summed E-state index contributed by atoms with van der Waals surface area (Å²) < 4.78 is 23.7. The van der Waals surface area contributed by atoms with Crippen molar-refractivity contribution in [2.24, 2.45) is 0 Å². The standard InChI is InChI=1S/C14H17N3O3S3/c1-8-3-4-10(5-9(8)2)15-13-16-17-14(22-13)21-12-7-23(19,20)6-11(12)18/h3-5,11-12,18H,6-7H2,1-2H3,(H,15,16)/t11-,12+/m1/s1. The minimum Gasteiger partial charge on any atom is -0.391 e. The molecule has 3 rings (SSSR count). The first kappa shape index (κ1) is 16.7. The van der Waals surface area contributed by atoms with Gasteiger partial charge in [0.2, 0.25) is 5.13 Å². The van der Waals surface area contributed by atoms with Crippen molar-refractivity contribution in [2.45, 2.75) is 29.5 Å². The number of hydrogen-bond donors (Lipinski definition) is 2. The summed E-state index contributed by atoms with van der Waals surface area (Å²) in [7, 11) is -3.15. The monoisotopic (exact) mass is 371 g/mol. The number of benzene rings is 1. The first-order chi connectivity index (χ1) is 10.8. The van der Waals surface area contributed by atoms with Gasteiger partial charge in [0, 0.05) is 5.69 Å². The number of rotatable bonds is 4. The van der Waals surface area contributed by atoms with Crippen LogP contribution in [0.1, 0.15) is 11.1 Å². The van der Waals surface area contributed by atoms with Crippen molar-refractivity contribution in [2.75, 3.05) is 16.8 Å². The fraction of sp³-hybridized carbons (Fsp3) is 0.429. The van der Waals surface area contributed by atoms with Crippen LogP contribution in [0.3, 0.4) is 0 Å². The molecule has 0 saturated carbocycles. The minimum absolute atomic E-state index is 0.0155. The molecular formula is C14H17N3O3S3. The van der Waals surface area contributed by atoms with E-state index >= 15 is 0 Å². The van der Waals surface area contributed by atoms with E-state index in [9.17, 15) is 13.5 Å². The number of aromatic nitrogens is 2. The van der Waals surface area contributed by atoms with Crippen LogP contribution in [0.2, 0.25) is 0 Å². The van der Waals surface area contributed by atoms with Crippen LogP contribution in [0.4, 0.5) is 10.8 Å². The van der Waals surface area contributed by atoms with Gasteiger partial charge in [-0.15, -0.1) is 10.2 Å². The van der Waals surface area contributed by atoms with E-state index in [0.717, 1.165) is 5.69 Å². The van der Waals surface area contributed by atoms with Gasteiger partial charge in [-0.3, -0.25) is 0 Å². The van der Waals surface area contributed by atoms with Crippen LogP contribution in [0.15, 0.2) is 22.5 Å². The summed E-state index contributed by atoms with van der Waals surface area (Å²) in [6, 6.07) is 6.05. The highest BCUT2D eigenvalue weighted by molar-refractivity contribution is 8.03. The maximum absolute atomic E-state index is 11.5. The number of aryl methyl sites for hydroxylation is 2. The Hall–Kier alpha value is -1.16. The van der Waals surface area contributed by atoms with E-state index in [0.29, 0.717) is 9.47 Å². The fourth-order valence-corrected chi connectivity index (χ4v) is 6.81. The number of thioether (sulfide) groups is 1. The fourth-order valence-electron chi connectivity index (χ4n) is 2.29. The highest BCUT2D eigenvalue weighted by Gasteiger charge is 2.37. The molecule has 2 atom stereocenters. The number of sulfone groups is 1. The predicted octanol–water partition coefficient (Wildman–Crippen LogP) is 2.15. The second-order valence-electron chi connectivity index (χ2n) is 5.60. The van der Waals surface area contributed by atoms with Gasteiger partial charge >= 0.3 is 0 Å². The average molecular weight is 372 g/mol. The first-order valence-corrected chi connectivity index (χ1v) is 10.6. The van der Waals surface area contributed by atoms with Gasteiger partial charge in [0.15, 0.2) is 14.2 Å². The van der Waals surface area contributed by atoms with Crippen molar-refractivity contribution in [3.63, 3.8) is 0 Å². The molecule has 1 aromatic heterocycles. The molecule has 2 aromatic rings. The van der Waals surface area contributed by atoms with E-state index in [-0.39, 0.29) is 16.8 Å². The second-order valence-corrected chi connectivity index (χ2v) is 10.2. The molecule has 2 heterocycles. The van der Waals surface area contributed by atoms with Crippen molar-refractivity contribution < 1.29 is 13.5 Å². The normalized spacial score (nSPS) is 23.1. The lowest BCUT2D eigenvalue weighted by molar-refractivity contribution is 0.207. The third-order valence-electron chi connectivity index (χ3n) is 3.69. The molecule has 0 amide bonds. The van der Waals surface area contributed by atoms with E-state index in [2.05, 4.69) is 22.4 Å². The zero-order valence-corrected chi connectivity index (χ0v) is 15.1. The molecule has 23 heavy (non-hydrogen) atoms. The lowest BCUT2D eigenvalue weighted by atomic mass is 10.1. The summed E-state index contributed by atoms with van der Waals surface area (Å²) in [6.07, 6.45) is -0.843. The third kappa shape index (κ3) is 4.03. The summed E-state index contributed by atoms with van der Waals surface area (Å²) in [5, 5.41) is 21.4. The molecule has 1 aromatic carbocycles. The Morgan fingerprint density at radius 2 is 2.04 bits per heavy atom. The molecule has 124 valence electrons. The lowest BCUT2D eigenvalue weighted by Gasteiger charge is -2.08. The molecule has 6 nitrogen and oxygen atoms in total. The van der Waals surface area contributed by atoms with Gasteiger partial charge in [0.25, 0.3) is 0 Å². The predicted molar refractivity (Wildman–Crippen MR) is 93.4 cm³/mol. The SMILES string of the molecule is Cc1ccc(Nc2nnc(S[C@H]3CS(=O)(=O)C[C@H]3O)s2)cc1C. The molecule has 1 fully saturated rings. The van der Waals surface area contributed by atoms with Crippen molar-refractivity contribution in [1.29, 1.82) is 0 Å². The van der Waals surface area contributed by atoms with E-state index < -0.39 is 15.9 Å². The summed E-state index contributed by atoms with van der Waals surface area (Å²) in [4.78, 5) is 0. The van der Waals surface area contributed by atoms with Gasteiger partial charge in [0.1, 0.15) is 0 Å². The molecule has 0 spiro atoms. The van der Waals surface area contributed by atoms with Crippen LogP contribution in [0.25, 0.3) is 0 Å². The van der Waals surface area contributed by atoms with Gasteiger partial charge in [-0.1, -0.05) is 29.2 Å². The van der Waals surface area contributed by atoms with E-state index in [1.807, 2.05) is 25.1 Å². The molecule has 0 bridgehead atoms. The van der Waals surface area contributed by atoms with Crippen LogP contribution in [-0.2, 0) is 9.84 Å². The number of hydrogen-bond acceptors (Lipinski definition) is 8. The lowest BCUT2D eigenvalue weighted by Crippen LogP contribution is -2.19. The van der Waals surface area contributed by atoms with Gasteiger partial charge in [-0.05, 0) is 37.1 Å². The van der Waals surface area contributed by atoms with Crippen LogP contribution >= 0.6 is 23.1 Å². The van der Waals surface area contributed by atoms with E-state index in [4.69, 9.17) is 0 Å². The van der Waals surface area contributed by atoms with Gasteiger partial charge < -0.3 is 10.4 Å². The Bertz CT molecular complexity index is 820. The molecule has 1 saturated heterocycles. The molecule has 1 aliphatic heterocycles. The zero-order valence-electron chi connectivity index (χ0n) is 12.7. The quantitative estimate of drug-likeness (QED) is 0.851. The topological polar surface area (TPSA) is 92.2 Å². The third-order valence-corrected chi connectivity index (χ3v) is 7.86. The highest BCUT2D eigenvalue weighted by Crippen LogP contribution is 2.35. The number of nitrogens with one attached hydrogen (secondary N) is 1. The second kappa shape index (κ2) is 6.39. The average Bonchev–Trinajstić information content (AvgIpc) is 2.98. The molecule has 0 radical (unpaired) electrons. The van der Waals surface area contributed by atoms with Crippen molar-refractivity contribution in [3.8, 4) is 0 Å². The largest absolute Gasteiger partial charge is 0.391 e. The molecule has 9 heteroatoms. The van der Waals surface area contributed by atoms with E-state index in [1.165, 1.54) is 34.2 Å². The molecular weight excluding hydrogens is 354 g/mol. The number of nitrogens with zero attached hydrogens (tertiary/aromatic N) is 2. The maximum atomic E-state index is 11.5. The molecule has 0 unspecified atom stereocenters. The Morgan fingerprint density at radius 1 is 1.26 bits per heavy atom. The number of anilines is 2. The van der Waals surface area contributed by atoms with Crippen LogP contribution in [-0.4, -0.2) is 46.6 Å².